The van der Waals surface area contributed by atoms with Gasteiger partial charge in [-0.3, -0.25) is 14.9 Å². The fourth-order valence-electron chi connectivity index (χ4n) is 2.38. The Morgan fingerprint density at radius 1 is 1.29 bits per heavy atom. The van der Waals surface area contributed by atoms with Crippen LogP contribution in [0.25, 0.3) is 6.08 Å². The molecule has 0 spiro atoms. The Balaban J connectivity index is 1.95. The molecule has 1 aliphatic heterocycles. The van der Waals surface area contributed by atoms with Crippen LogP contribution in [0.15, 0.2) is 42.5 Å². The third kappa shape index (κ3) is 3.26. The molecule has 0 saturated carbocycles. The van der Waals surface area contributed by atoms with E-state index < -0.39 is 4.92 Å². The molecule has 0 bridgehead atoms. The summed E-state index contributed by atoms with van der Waals surface area (Å²) in [7, 11) is 0. The molecule has 1 N–H and O–H groups in total. The van der Waals surface area contributed by atoms with Crippen molar-refractivity contribution in [1.82, 2.24) is 0 Å². The van der Waals surface area contributed by atoms with Crippen molar-refractivity contribution in [3.05, 3.63) is 69.3 Å². The van der Waals surface area contributed by atoms with E-state index in [-0.39, 0.29) is 30.6 Å². The minimum atomic E-state index is -0.511. The summed E-state index contributed by atoms with van der Waals surface area (Å²) < 4.78 is 10.5. The summed E-state index contributed by atoms with van der Waals surface area (Å²) >= 11 is 0. The summed E-state index contributed by atoms with van der Waals surface area (Å²) in [6, 6.07) is 8.68. The number of nitro benzene ring substituents is 1. The van der Waals surface area contributed by atoms with Crippen LogP contribution in [0.4, 0.5) is 5.69 Å². The van der Waals surface area contributed by atoms with Crippen LogP contribution in [0.3, 0.4) is 0 Å². The maximum Gasteiger partial charge on any atom is 0.270 e. The Morgan fingerprint density at radius 2 is 2.12 bits per heavy atom. The first-order valence-corrected chi connectivity index (χ1v) is 7.08. The van der Waals surface area contributed by atoms with Crippen LogP contribution in [0.5, 0.6) is 11.5 Å². The van der Waals surface area contributed by atoms with Crippen LogP contribution in [-0.2, 0) is 11.3 Å². The van der Waals surface area contributed by atoms with Gasteiger partial charge < -0.3 is 14.6 Å². The summed E-state index contributed by atoms with van der Waals surface area (Å²) in [5.74, 6) is 0.118. The Morgan fingerprint density at radius 3 is 2.88 bits per heavy atom. The van der Waals surface area contributed by atoms with Crippen molar-refractivity contribution in [1.29, 1.82) is 0 Å². The molecule has 2 aromatic carbocycles. The highest BCUT2D eigenvalue weighted by molar-refractivity contribution is 6.07. The minimum Gasteiger partial charge on any atom is -0.508 e. The number of hydrogen-bond acceptors (Lipinski definition) is 6. The summed E-state index contributed by atoms with van der Waals surface area (Å²) in [6.45, 7) is 0.254. The quantitative estimate of drug-likeness (QED) is 0.401. The molecular formula is C17H13NO6. The average molecular weight is 327 g/mol. The minimum absolute atomic E-state index is 0.0116. The third-order valence-electron chi connectivity index (χ3n) is 3.48. The maximum absolute atomic E-state index is 12.2. The Kier molecular flexibility index (Phi) is 4.26. The van der Waals surface area contributed by atoms with Crippen molar-refractivity contribution < 1.29 is 24.3 Å². The summed E-state index contributed by atoms with van der Waals surface area (Å²) in [5.41, 5.74) is 1.19. The standard InChI is InChI=1S/C17H13NO6/c19-15-3-1-2-11(8-15)16(20)5-4-12-6-14(18(21)22)7-13-9-23-10-24-17(12)13/h1-8,19H,9-10H2/b5-4+. The van der Waals surface area contributed by atoms with E-state index in [9.17, 15) is 20.0 Å². The number of nitrogens with zero attached hydrogens (tertiary/aromatic N) is 1. The molecule has 1 aliphatic rings. The number of phenolic OH excluding ortho intramolecular Hbond substituents is 1. The van der Waals surface area contributed by atoms with Gasteiger partial charge >= 0.3 is 0 Å². The van der Waals surface area contributed by atoms with Gasteiger partial charge in [0.05, 0.1) is 11.5 Å². The predicted molar refractivity (Wildman–Crippen MR) is 84.9 cm³/mol. The van der Waals surface area contributed by atoms with E-state index in [2.05, 4.69) is 0 Å². The van der Waals surface area contributed by atoms with E-state index in [1.165, 1.54) is 36.4 Å². The van der Waals surface area contributed by atoms with Gasteiger partial charge in [0.25, 0.3) is 5.69 Å². The van der Waals surface area contributed by atoms with E-state index >= 15 is 0 Å². The lowest BCUT2D eigenvalue weighted by Crippen LogP contribution is -2.12. The van der Waals surface area contributed by atoms with Crippen molar-refractivity contribution in [3.8, 4) is 11.5 Å². The van der Waals surface area contributed by atoms with Gasteiger partial charge in [-0.2, -0.15) is 0 Å². The molecule has 0 unspecified atom stereocenters. The first-order chi connectivity index (χ1) is 11.5. The Labute approximate surface area is 136 Å². The van der Waals surface area contributed by atoms with Gasteiger partial charge in [-0.1, -0.05) is 12.1 Å². The number of non-ortho nitro benzene ring substituents is 1. The number of fused-ring (bicyclic) bond motifs is 1. The second-order valence-electron chi connectivity index (χ2n) is 5.14. The lowest BCUT2D eigenvalue weighted by Gasteiger charge is -2.19. The number of aromatic hydroxyl groups is 1. The van der Waals surface area contributed by atoms with Gasteiger partial charge in [0.1, 0.15) is 11.5 Å². The lowest BCUT2D eigenvalue weighted by molar-refractivity contribution is -0.385. The Bertz CT molecular complexity index is 843. The van der Waals surface area contributed by atoms with Gasteiger partial charge in [0, 0.05) is 28.8 Å². The van der Waals surface area contributed by atoms with E-state index in [0.717, 1.165) is 0 Å². The van der Waals surface area contributed by atoms with E-state index in [1.807, 2.05) is 0 Å². The molecule has 0 atom stereocenters. The number of carbonyl (C=O) groups excluding carboxylic acids is 1. The molecule has 0 radical (unpaired) electrons. The molecule has 2 aromatic rings. The highest BCUT2D eigenvalue weighted by Crippen LogP contribution is 2.33. The smallest absolute Gasteiger partial charge is 0.270 e. The molecule has 24 heavy (non-hydrogen) atoms. The molecule has 7 nitrogen and oxygen atoms in total. The molecule has 122 valence electrons. The fraction of sp³-hybridized carbons (Fsp3) is 0.118. The van der Waals surface area contributed by atoms with E-state index in [0.29, 0.717) is 22.4 Å². The van der Waals surface area contributed by atoms with Crippen molar-refractivity contribution >= 4 is 17.5 Å². The van der Waals surface area contributed by atoms with Crippen LogP contribution in [0.1, 0.15) is 21.5 Å². The second kappa shape index (κ2) is 6.51. The molecule has 7 heteroatoms. The Hall–Kier alpha value is -3.19. The summed E-state index contributed by atoms with van der Waals surface area (Å²) in [6.07, 6.45) is 2.75. The topological polar surface area (TPSA) is 98.9 Å². The first-order valence-electron chi connectivity index (χ1n) is 7.08. The highest BCUT2D eigenvalue weighted by atomic mass is 16.7. The predicted octanol–water partition coefficient (Wildman–Crippen LogP) is 3.06. The highest BCUT2D eigenvalue weighted by Gasteiger charge is 2.19. The number of ketones is 1. The first kappa shape index (κ1) is 15.7. The van der Waals surface area contributed by atoms with Crippen LogP contribution in [0, 0.1) is 10.1 Å². The SMILES string of the molecule is O=C(/C=C/c1cc([N+](=O)[O-])cc2c1OCOC2)c1cccc(O)c1. The van der Waals surface area contributed by atoms with Crippen molar-refractivity contribution in [2.45, 2.75) is 6.61 Å². The van der Waals surface area contributed by atoms with Gasteiger partial charge in [-0.15, -0.1) is 0 Å². The largest absolute Gasteiger partial charge is 0.508 e. The number of carbonyl (C=O) groups is 1. The number of benzene rings is 2. The summed E-state index contributed by atoms with van der Waals surface area (Å²) in [5, 5.41) is 20.5. The van der Waals surface area contributed by atoms with Gasteiger partial charge in [0.15, 0.2) is 12.6 Å². The number of phenols is 1. The van der Waals surface area contributed by atoms with Crippen LogP contribution in [0.2, 0.25) is 0 Å². The van der Waals surface area contributed by atoms with Crippen molar-refractivity contribution in [3.63, 3.8) is 0 Å². The number of hydrogen-bond donors (Lipinski definition) is 1. The second-order valence-corrected chi connectivity index (χ2v) is 5.14. The van der Waals surface area contributed by atoms with Crippen molar-refractivity contribution in [2.75, 3.05) is 6.79 Å². The van der Waals surface area contributed by atoms with Gasteiger partial charge in [-0.25, -0.2) is 0 Å². The van der Waals surface area contributed by atoms with Gasteiger partial charge in [-0.05, 0) is 24.3 Å². The number of rotatable bonds is 4. The molecular weight excluding hydrogens is 314 g/mol. The fourth-order valence-corrected chi connectivity index (χ4v) is 2.38. The third-order valence-corrected chi connectivity index (χ3v) is 3.48. The van der Waals surface area contributed by atoms with Crippen LogP contribution in [-0.4, -0.2) is 22.6 Å². The normalized spacial score (nSPS) is 13.3. The monoisotopic (exact) mass is 327 g/mol. The molecule has 0 aliphatic carbocycles. The molecule has 1 heterocycles. The van der Waals surface area contributed by atoms with E-state index in [4.69, 9.17) is 9.47 Å². The number of nitro groups is 1. The van der Waals surface area contributed by atoms with Crippen LogP contribution < -0.4 is 4.74 Å². The average Bonchev–Trinajstić information content (AvgIpc) is 2.59. The van der Waals surface area contributed by atoms with Crippen LogP contribution >= 0.6 is 0 Å². The van der Waals surface area contributed by atoms with Crippen molar-refractivity contribution in [2.24, 2.45) is 0 Å². The lowest BCUT2D eigenvalue weighted by atomic mass is 10.0. The zero-order valence-electron chi connectivity index (χ0n) is 12.5. The zero-order chi connectivity index (χ0) is 17.1. The molecule has 0 saturated heterocycles. The molecule has 0 aromatic heterocycles. The molecule has 0 amide bonds. The summed E-state index contributed by atoms with van der Waals surface area (Å²) in [4.78, 5) is 22.7. The number of allylic oxidation sites excluding steroid dienone is 1. The molecule has 3 rings (SSSR count). The number of ether oxygens (including phenoxy) is 2. The van der Waals surface area contributed by atoms with Gasteiger partial charge in [0.2, 0.25) is 0 Å². The maximum atomic E-state index is 12.2. The zero-order valence-corrected chi connectivity index (χ0v) is 12.5. The van der Waals surface area contributed by atoms with E-state index in [1.54, 1.807) is 12.1 Å². The molecule has 0 fully saturated rings.